The van der Waals surface area contributed by atoms with Crippen molar-refractivity contribution in [2.45, 2.75) is 13.0 Å². The van der Waals surface area contributed by atoms with Gasteiger partial charge in [-0.15, -0.1) is 0 Å². The number of hydrogen-bond acceptors (Lipinski definition) is 4. The highest BCUT2D eigenvalue weighted by Crippen LogP contribution is 2.20. The first-order valence-electron chi connectivity index (χ1n) is 7.07. The Bertz CT molecular complexity index is 552. The van der Waals surface area contributed by atoms with Gasteiger partial charge in [0.15, 0.2) is 0 Å². The minimum absolute atomic E-state index is 0.0694. The number of benzene rings is 1. The first-order chi connectivity index (χ1) is 10.2. The molecule has 1 aromatic rings. The predicted octanol–water partition coefficient (Wildman–Crippen LogP) is 0.993. The molecule has 0 bridgehead atoms. The minimum Gasteiger partial charge on any atom is -0.495 e. The van der Waals surface area contributed by atoms with Crippen LogP contribution in [0.4, 0.5) is 0 Å². The van der Waals surface area contributed by atoms with Crippen molar-refractivity contribution in [1.82, 2.24) is 4.90 Å². The van der Waals surface area contributed by atoms with Gasteiger partial charge < -0.3 is 9.84 Å². The highest BCUT2D eigenvalue weighted by molar-refractivity contribution is 7.85. The topological polar surface area (TPSA) is 49.8 Å². The average molecular weight is 307 g/mol. The van der Waals surface area contributed by atoms with Gasteiger partial charge in [0, 0.05) is 48.4 Å². The SMILES string of the molecule is COc1ccc(CN2CCS(=O)CC2)cc1C#CCCO. The second-order valence-electron chi connectivity index (χ2n) is 4.93. The number of aliphatic hydroxyl groups excluding tert-OH is 1. The van der Waals surface area contributed by atoms with Crippen LogP contribution < -0.4 is 4.74 Å². The van der Waals surface area contributed by atoms with Crippen molar-refractivity contribution in [3.05, 3.63) is 29.3 Å². The average Bonchev–Trinajstić information content (AvgIpc) is 2.50. The van der Waals surface area contributed by atoms with Gasteiger partial charge in [-0.25, -0.2) is 0 Å². The van der Waals surface area contributed by atoms with Crippen LogP contribution in [0.15, 0.2) is 18.2 Å². The number of ether oxygens (including phenoxy) is 1. The van der Waals surface area contributed by atoms with Crippen molar-refractivity contribution < 1.29 is 14.1 Å². The molecule has 21 heavy (non-hydrogen) atoms. The van der Waals surface area contributed by atoms with Crippen molar-refractivity contribution in [3.63, 3.8) is 0 Å². The summed E-state index contributed by atoms with van der Waals surface area (Å²) in [6.07, 6.45) is 0.464. The summed E-state index contributed by atoms with van der Waals surface area (Å²) in [5.74, 6) is 8.26. The molecule has 5 heteroatoms. The molecule has 114 valence electrons. The number of aliphatic hydroxyl groups is 1. The van der Waals surface area contributed by atoms with Crippen LogP contribution >= 0.6 is 0 Å². The van der Waals surface area contributed by atoms with Gasteiger partial charge in [0.05, 0.1) is 19.3 Å². The van der Waals surface area contributed by atoms with Crippen LogP contribution in [0.25, 0.3) is 0 Å². The summed E-state index contributed by atoms with van der Waals surface area (Å²) in [5.41, 5.74) is 2.03. The first kappa shape index (κ1) is 16.0. The van der Waals surface area contributed by atoms with E-state index in [0.717, 1.165) is 42.5 Å². The summed E-state index contributed by atoms with van der Waals surface area (Å²) in [7, 11) is 0.990. The Labute approximate surface area is 128 Å². The third-order valence-corrected chi connectivity index (χ3v) is 4.68. The largest absolute Gasteiger partial charge is 0.495 e. The molecule has 0 amide bonds. The van der Waals surface area contributed by atoms with Crippen molar-refractivity contribution in [2.75, 3.05) is 38.3 Å². The molecular formula is C16H21NO3S. The van der Waals surface area contributed by atoms with Gasteiger partial charge in [-0.1, -0.05) is 17.9 Å². The summed E-state index contributed by atoms with van der Waals surface area (Å²) >= 11 is 0. The summed E-state index contributed by atoms with van der Waals surface area (Å²) in [4.78, 5) is 2.31. The van der Waals surface area contributed by atoms with Crippen molar-refractivity contribution in [2.24, 2.45) is 0 Å². The molecule has 1 aliphatic heterocycles. The molecule has 1 N–H and O–H groups in total. The first-order valence-corrected chi connectivity index (χ1v) is 8.55. The van der Waals surface area contributed by atoms with E-state index in [1.165, 1.54) is 5.56 Å². The van der Waals surface area contributed by atoms with Crippen LogP contribution in [-0.2, 0) is 17.3 Å². The molecule has 0 saturated carbocycles. The van der Waals surface area contributed by atoms with Crippen LogP contribution in [0, 0.1) is 11.8 Å². The van der Waals surface area contributed by atoms with Gasteiger partial charge in [0.1, 0.15) is 5.75 Å². The maximum absolute atomic E-state index is 11.4. The van der Waals surface area contributed by atoms with E-state index in [0.29, 0.717) is 6.42 Å². The molecular weight excluding hydrogens is 286 g/mol. The van der Waals surface area contributed by atoms with E-state index in [4.69, 9.17) is 9.84 Å². The van der Waals surface area contributed by atoms with Crippen LogP contribution in [0.2, 0.25) is 0 Å². The standard InChI is InChI=1S/C16H21NO3S/c1-20-16-6-5-14(12-15(16)4-2-3-9-18)13-17-7-10-21(19)11-8-17/h5-6,12,18H,3,7-11,13H2,1H3. The Morgan fingerprint density at radius 2 is 2.14 bits per heavy atom. The molecule has 0 aromatic heterocycles. The summed E-state index contributed by atoms with van der Waals surface area (Å²) in [6.45, 7) is 2.67. The number of methoxy groups -OCH3 is 1. The number of rotatable bonds is 4. The number of hydrogen-bond donors (Lipinski definition) is 1. The molecule has 4 nitrogen and oxygen atoms in total. The monoisotopic (exact) mass is 307 g/mol. The zero-order valence-corrected chi connectivity index (χ0v) is 13.1. The van der Waals surface area contributed by atoms with Crippen LogP contribution in [-0.4, -0.2) is 52.5 Å². The zero-order chi connectivity index (χ0) is 15.1. The van der Waals surface area contributed by atoms with Crippen LogP contribution in [0.5, 0.6) is 5.75 Å². The second-order valence-corrected chi connectivity index (χ2v) is 6.63. The Hall–Kier alpha value is -1.35. The third kappa shape index (κ3) is 4.85. The molecule has 1 saturated heterocycles. The lowest BCUT2D eigenvalue weighted by atomic mass is 10.1. The lowest BCUT2D eigenvalue weighted by Gasteiger charge is -2.26. The van der Waals surface area contributed by atoms with E-state index in [-0.39, 0.29) is 6.61 Å². The fourth-order valence-electron chi connectivity index (χ4n) is 2.26. The molecule has 0 radical (unpaired) electrons. The van der Waals surface area contributed by atoms with E-state index in [2.05, 4.69) is 16.7 Å². The zero-order valence-electron chi connectivity index (χ0n) is 12.3. The Balaban J connectivity index is 2.08. The lowest BCUT2D eigenvalue weighted by molar-refractivity contribution is 0.291. The van der Waals surface area contributed by atoms with Gasteiger partial charge in [0.25, 0.3) is 0 Å². The molecule has 1 aromatic carbocycles. The molecule has 0 atom stereocenters. The molecule has 0 spiro atoms. The second kappa shape index (κ2) is 8.18. The van der Waals surface area contributed by atoms with Crippen LogP contribution in [0.1, 0.15) is 17.5 Å². The van der Waals surface area contributed by atoms with Gasteiger partial charge >= 0.3 is 0 Å². The highest BCUT2D eigenvalue weighted by atomic mass is 32.2. The van der Waals surface area contributed by atoms with E-state index in [1.807, 2.05) is 18.2 Å². The molecule has 2 rings (SSSR count). The predicted molar refractivity (Wildman–Crippen MR) is 84.7 cm³/mol. The van der Waals surface area contributed by atoms with Crippen LogP contribution in [0.3, 0.4) is 0 Å². The fourth-order valence-corrected chi connectivity index (χ4v) is 3.38. The van der Waals surface area contributed by atoms with E-state index in [9.17, 15) is 4.21 Å². The molecule has 0 unspecified atom stereocenters. The Morgan fingerprint density at radius 1 is 1.38 bits per heavy atom. The fraction of sp³-hybridized carbons (Fsp3) is 0.500. The summed E-state index contributed by atoms with van der Waals surface area (Å²) < 4.78 is 16.7. The van der Waals surface area contributed by atoms with E-state index >= 15 is 0 Å². The van der Waals surface area contributed by atoms with Gasteiger partial charge in [-0.2, -0.15) is 0 Å². The van der Waals surface area contributed by atoms with E-state index in [1.54, 1.807) is 7.11 Å². The molecule has 1 aliphatic rings. The number of nitrogens with zero attached hydrogens (tertiary/aromatic N) is 1. The van der Waals surface area contributed by atoms with Crippen molar-refractivity contribution >= 4 is 10.8 Å². The summed E-state index contributed by atoms with van der Waals surface area (Å²) in [6, 6.07) is 6.01. The van der Waals surface area contributed by atoms with Crippen molar-refractivity contribution in [1.29, 1.82) is 0 Å². The highest BCUT2D eigenvalue weighted by Gasteiger charge is 2.15. The Kier molecular flexibility index (Phi) is 6.24. The lowest BCUT2D eigenvalue weighted by Crippen LogP contribution is -2.37. The summed E-state index contributed by atoms with van der Waals surface area (Å²) in [5, 5.41) is 8.80. The van der Waals surface area contributed by atoms with Gasteiger partial charge in [-0.3, -0.25) is 9.11 Å². The third-order valence-electron chi connectivity index (χ3n) is 3.40. The minimum atomic E-state index is -0.641. The van der Waals surface area contributed by atoms with Gasteiger partial charge in [-0.05, 0) is 17.7 Å². The Morgan fingerprint density at radius 3 is 2.81 bits per heavy atom. The van der Waals surface area contributed by atoms with Gasteiger partial charge in [0.2, 0.25) is 0 Å². The van der Waals surface area contributed by atoms with Crippen molar-refractivity contribution in [3.8, 4) is 17.6 Å². The van der Waals surface area contributed by atoms with E-state index < -0.39 is 10.8 Å². The smallest absolute Gasteiger partial charge is 0.134 e. The quantitative estimate of drug-likeness (QED) is 0.843. The molecule has 0 aliphatic carbocycles. The normalized spacial score (nSPS) is 16.3. The molecule has 1 heterocycles. The maximum atomic E-state index is 11.4. The molecule has 1 fully saturated rings. The maximum Gasteiger partial charge on any atom is 0.134 e.